The van der Waals surface area contributed by atoms with Gasteiger partial charge in [0.15, 0.2) is 11.4 Å². The van der Waals surface area contributed by atoms with Crippen molar-refractivity contribution in [2.45, 2.75) is 19.3 Å². The van der Waals surface area contributed by atoms with Gasteiger partial charge in [-0.25, -0.2) is 4.98 Å². The van der Waals surface area contributed by atoms with E-state index in [0.29, 0.717) is 10.4 Å². The molecule has 1 saturated carbocycles. The molecule has 3 nitrogen and oxygen atoms in total. The van der Waals surface area contributed by atoms with E-state index < -0.39 is 5.82 Å². The molecule has 0 radical (unpaired) electrons. The summed E-state index contributed by atoms with van der Waals surface area (Å²) in [6.07, 6.45) is 6.83. The minimum absolute atomic E-state index is 0.191. The highest BCUT2D eigenvalue weighted by atomic mass is 79.9. The van der Waals surface area contributed by atoms with Crippen LogP contribution in [0.25, 0.3) is 5.65 Å². The summed E-state index contributed by atoms with van der Waals surface area (Å²) in [6, 6.07) is 0. The SMILES string of the molecule is Oc1c(Br)cn2cc(CC3CC3)nc2c1F. The fourth-order valence-electron chi connectivity index (χ4n) is 1.82. The molecule has 3 rings (SSSR count). The first-order valence-electron chi connectivity index (χ1n) is 5.19. The fourth-order valence-corrected chi connectivity index (χ4v) is 2.21. The highest BCUT2D eigenvalue weighted by molar-refractivity contribution is 9.10. The second-order valence-electron chi connectivity index (χ2n) is 4.25. The van der Waals surface area contributed by atoms with Crippen LogP contribution in [0.3, 0.4) is 0 Å². The summed E-state index contributed by atoms with van der Waals surface area (Å²) in [5.74, 6) is -0.336. The third kappa shape index (κ3) is 1.59. The summed E-state index contributed by atoms with van der Waals surface area (Å²) in [5, 5.41) is 9.43. The Morgan fingerprint density at radius 3 is 2.94 bits per heavy atom. The van der Waals surface area contributed by atoms with Gasteiger partial charge in [-0.15, -0.1) is 0 Å². The molecule has 16 heavy (non-hydrogen) atoms. The number of halogens is 2. The van der Waals surface area contributed by atoms with Crippen molar-refractivity contribution >= 4 is 21.6 Å². The van der Waals surface area contributed by atoms with E-state index >= 15 is 0 Å². The summed E-state index contributed by atoms with van der Waals surface area (Å²) < 4.78 is 15.6. The lowest BCUT2D eigenvalue weighted by Gasteiger charge is -2.00. The van der Waals surface area contributed by atoms with Crippen molar-refractivity contribution in [3.8, 4) is 5.75 Å². The number of rotatable bonds is 2. The van der Waals surface area contributed by atoms with E-state index in [0.717, 1.165) is 12.1 Å². The Balaban J connectivity index is 2.12. The average molecular weight is 285 g/mol. The lowest BCUT2D eigenvalue weighted by molar-refractivity contribution is 0.429. The van der Waals surface area contributed by atoms with Crippen molar-refractivity contribution in [3.63, 3.8) is 0 Å². The van der Waals surface area contributed by atoms with Crippen LogP contribution in [-0.4, -0.2) is 14.5 Å². The zero-order chi connectivity index (χ0) is 11.3. The van der Waals surface area contributed by atoms with Gasteiger partial charge in [-0.1, -0.05) is 0 Å². The van der Waals surface area contributed by atoms with Crippen molar-refractivity contribution in [1.29, 1.82) is 0 Å². The molecule has 2 aromatic heterocycles. The average Bonchev–Trinajstić information content (AvgIpc) is 2.96. The molecular formula is C11H10BrFN2O. The third-order valence-corrected chi connectivity index (χ3v) is 3.44. The standard InChI is InChI=1S/C11H10BrFN2O/c12-8-5-15-4-7(3-6-1-2-6)14-11(15)9(13)10(8)16/h4-6,16H,1-3H2. The summed E-state index contributed by atoms with van der Waals surface area (Å²) in [7, 11) is 0. The van der Waals surface area contributed by atoms with E-state index in [-0.39, 0.29) is 11.4 Å². The van der Waals surface area contributed by atoms with Crippen LogP contribution in [0.2, 0.25) is 0 Å². The van der Waals surface area contributed by atoms with E-state index in [1.165, 1.54) is 12.8 Å². The van der Waals surface area contributed by atoms with Gasteiger partial charge in [0.2, 0.25) is 5.82 Å². The van der Waals surface area contributed by atoms with Crippen LogP contribution in [0, 0.1) is 11.7 Å². The number of hydrogen-bond donors (Lipinski definition) is 1. The van der Waals surface area contributed by atoms with Crippen LogP contribution in [0.4, 0.5) is 4.39 Å². The Kier molecular flexibility index (Phi) is 2.17. The Morgan fingerprint density at radius 1 is 1.50 bits per heavy atom. The zero-order valence-corrected chi connectivity index (χ0v) is 10.0. The van der Waals surface area contributed by atoms with Crippen molar-refractivity contribution in [2.75, 3.05) is 0 Å². The molecule has 2 heterocycles. The lowest BCUT2D eigenvalue weighted by Crippen LogP contribution is -1.89. The number of hydrogen-bond acceptors (Lipinski definition) is 2. The number of aromatic hydroxyl groups is 1. The smallest absolute Gasteiger partial charge is 0.209 e. The summed E-state index contributed by atoms with van der Waals surface area (Å²) in [6.45, 7) is 0. The van der Waals surface area contributed by atoms with Gasteiger partial charge in [-0.05, 0) is 41.1 Å². The van der Waals surface area contributed by atoms with Gasteiger partial charge < -0.3 is 9.51 Å². The van der Waals surface area contributed by atoms with E-state index in [1.807, 2.05) is 6.20 Å². The Morgan fingerprint density at radius 2 is 2.25 bits per heavy atom. The number of fused-ring (bicyclic) bond motifs is 1. The topological polar surface area (TPSA) is 37.5 Å². The molecule has 1 fully saturated rings. The predicted molar refractivity (Wildman–Crippen MR) is 60.9 cm³/mol. The van der Waals surface area contributed by atoms with Crippen LogP contribution in [0.5, 0.6) is 5.75 Å². The molecule has 84 valence electrons. The molecular weight excluding hydrogens is 275 g/mol. The van der Waals surface area contributed by atoms with Gasteiger partial charge in [0.05, 0.1) is 10.2 Å². The minimum Gasteiger partial charge on any atom is -0.504 e. The maximum Gasteiger partial charge on any atom is 0.209 e. The van der Waals surface area contributed by atoms with Crippen molar-refractivity contribution < 1.29 is 9.50 Å². The highest BCUT2D eigenvalue weighted by Crippen LogP contribution is 2.33. The molecule has 1 aliphatic carbocycles. The number of nitrogens with zero attached hydrogens (tertiary/aromatic N) is 2. The van der Waals surface area contributed by atoms with Crippen LogP contribution >= 0.6 is 15.9 Å². The van der Waals surface area contributed by atoms with Gasteiger partial charge in [0, 0.05) is 12.4 Å². The molecule has 0 spiro atoms. The van der Waals surface area contributed by atoms with Gasteiger partial charge >= 0.3 is 0 Å². The van der Waals surface area contributed by atoms with E-state index in [2.05, 4.69) is 20.9 Å². The van der Waals surface area contributed by atoms with Gasteiger partial charge in [-0.2, -0.15) is 4.39 Å². The first kappa shape index (κ1) is 10.1. The molecule has 0 atom stereocenters. The Hall–Kier alpha value is -1.10. The fraction of sp³-hybridized carbons (Fsp3) is 0.364. The second kappa shape index (κ2) is 3.45. The molecule has 1 N–H and O–H groups in total. The predicted octanol–water partition coefficient (Wildman–Crippen LogP) is 2.89. The van der Waals surface area contributed by atoms with Crippen LogP contribution in [0.1, 0.15) is 18.5 Å². The molecule has 0 amide bonds. The van der Waals surface area contributed by atoms with Crippen molar-refractivity contribution in [2.24, 2.45) is 5.92 Å². The molecule has 0 bridgehead atoms. The summed E-state index contributed by atoms with van der Waals surface area (Å²) >= 11 is 3.10. The quantitative estimate of drug-likeness (QED) is 0.921. The van der Waals surface area contributed by atoms with Crippen molar-refractivity contribution in [1.82, 2.24) is 9.38 Å². The molecule has 0 saturated heterocycles. The first-order valence-corrected chi connectivity index (χ1v) is 5.99. The van der Waals surface area contributed by atoms with Crippen LogP contribution in [0.15, 0.2) is 16.9 Å². The molecule has 1 aliphatic rings. The molecule has 5 heteroatoms. The van der Waals surface area contributed by atoms with Crippen LogP contribution < -0.4 is 0 Å². The second-order valence-corrected chi connectivity index (χ2v) is 5.10. The molecule has 0 aliphatic heterocycles. The highest BCUT2D eigenvalue weighted by Gasteiger charge is 2.23. The first-order chi connectivity index (χ1) is 7.65. The largest absolute Gasteiger partial charge is 0.504 e. The van der Waals surface area contributed by atoms with Crippen LogP contribution in [-0.2, 0) is 6.42 Å². The summed E-state index contributed by atoms with van der Waals surface area (Å²) in [5.41, 5.74) is 1.08. The maximum absolute atomic E-state index is 13.7. The van der Waals surface area contributed by atoms with Gasteiger partial charge in [0.25, 0.3) is 0 Å². The Bertz CT molecular complexity index is 563. The monoisotopic (exact) mass is 284 g/mol. The van der Waals surface area contributed by atoms with E-state index in [9.17, 15) is 9.50 Å². The number of pyridine rings is 1. The number of aromatic nitrogens is 2. The lowest BCUT2D eigenvalue weighted by atomic mass is 10.2. The van der Waals surface area contributed by atoms with Crippen molar-refractivity contribution in [3.05, 3.63) is 28.4 Å². The number of imidazole rings is 1. The Labute approximate surface area is 100 Å². The van der Waals surface area contributed by atoms with E-state index in [1.54, 1.807) is 10.6 Å². The summed E-state index contributed by atoms with van der Waals surface area (Å²) in [4.78, 5) is 4.20. The van der Waals surface area contributed by atoms with E-state index in [4.69, 9.17) is 0 Å². The normalized spacial score (nSPS) is 15.9. The minimum atomic E-state index is -0.670. The van der Waals surface area contributed by atoms with Gasteiger partial charge in [0.1, 0.15) is 0 Å². The zero-order valence-electron chi connectivity index (χ0n) is 8.45. The third-order valence-electron chi connectivity index (χ3n) is 2.86. The molecule has 0 unspecified atom stereocenters. The maximum atomic E-state index is 13.7. The van der Waals surface area contributed by atoms with Gasteiger partial charge in [-0.3, -0.25) is 0 Å². The molecule has 0 aromatic carbocycles. The molecule has 2 aromatic rings.